The van der Waals surface area contributed by atoms with Crippen molar-refractivity contribution >= 4 is 5.91 Å². The molecule has 0 saturated carbocycles. The van der Waals surface area contributed by atoms with Gasteiger partial charge in [0.25, 0.3) is 0 Å². The Labute approximate surface area is 109 Å². The number of nitrogens with zero attached hydrogens (tertiary/aromatic N) is 1. The van der Waals surface area contributed by atoms with Crippen molar-refractivity contribution in [2.75, 3.05) is 13.6 Å². The van der Waals surface area contributed by atoms with Crippen LogP contribution in [-0.2, 0) is 17.8 Å². The van der Waals surface area contributed by atoms with Crippen LogP contribution in [0.15, 0.2) is 24.3 Å². The summed E-state index contributed by atoms with van der Waals surface area (Å²) in [7, 11) is 1.89. The molecule has 2 rings (SSSR count). The first-order chi connectivity index (χ1) is 8.58. The predicted molar refractivity (Wildman–Crippen MR) is 73.2 cm³/mol. The van der Waals surface area contributed by atoms with Crippen LogP contribution in [0.3, 0.4) is 0 Å². The van der Waals surface area contributed by atoms with Gasteiger partial charge in [-0.1, -0.05) is 38.1 Å². The number of amides is 1. The summed E-state index contributed by atoms with van der Waals surface area (Å²) < 4.78 is 0. The van der Waals surface area contributed by atoms with Crippen LogP contribution in [0, 0.1) is 5.92 Å². The molecule has 0 saturated heterocycles. The molecule has 1 aliphatic heterocycles. The SMILES string of the molecule is CC(C)CN(C)C(=O)C1Cc2ccccc2CN1. The molecular weight excluding hydrogens is 224 g/mol. The number of likely N-dealkylation sites (N-methyl/N-ethyl adjacent to an activating group) is 1. The smallest absolute Gasteiger partial charge is 0.239 e. The molecule has 1 heterocycles. The maximum atomic E-state index is 12.3. The Bertz CT molecular complexity index is 428. The Balaban J connectivity index is 2.02. The topological polar surface area (TPSA) is 32.3 Å². The predicted octanol–water partition coefficient (Wildman–Crippen LogP) is 1.82. The van der Waals surface area contributed by atoms with Gasteiger partial charge in [-0.2, -0.15) is 0 Å². The number of fused-ring (bicyclic) bond motifs is 1. The lowest BCUT2D eigenvalue weighted by atomic mass is 9.95. The normalized spacial score (nSPS) is 18.6. The molecule has 1 aromatic rings. The third kappa shape index (κ3) is 2.91. The maximum Gasteiger partial charge on any atom is 0.239 e. The molecule has 18 heavy (non-hydrogen) atoms. The first-order valence-corrected chi connectivity index (χ1v) is 6.63. The molecule has 0 bridgehead atoms. The lowest BCUT2D eigenvalue weighted by molar-refractivity contribution is -0.132. The van der Waals surface area contributed by atoms with E-state index in [9.17, 15) is 4.79 Å². The highest BCUT2D eigenvalue weighted by Crippen LogP contribution is 2.17. The van der Waals surface area contributed by atoms with Gasteiger partial charge in [-0.3, -0.25) is 4.79 Å². The van der Waals surface area contributed by atoms with Crippen molar-refractivity contribution < 1.29 is 4.79 Å². The molecule has 1 amide bonds. The number of carbonyl (C=O) groups is 1. The van der Waals surface area contributed by atoms with Gasteiger partial charge < -0.3 is 10.2 Å². The highest BCUT2D eigenvalue weighted by molar-refractivity contribution is 5.82. The monoisotopic (exact) mass is 246 g/mol. The van der Waals surface area contributed by atoms with Gasteiger partial charge in [-0.15, -0.1) is 0 Å². The third-order valence-corrected chi connectivity index (χ3v) is 3.39. The fourth-order valence-electron chi connectivity index (χ4n) is 2.53. The Kier molecular flexibility index (Phi) is 4.02. The van der Waals surface area contributed by atoms with Crippen molar-refractivity contribution in [3.05, 3.63) is 35.4 Å². The summed E-state index contributed by atoms with van der Waals surface area (Å²) in [6.07, 6.45) is 0.803. The zero-order chi connectivity index (χ0) is 13.1. The van der Waals surface area contributed by atoms with Gasteiger partial charge in [-0.05, 0) is 23.5 Å². The summed E-state index contributed by atoms with van der Waals surface area (Å²) >= 11 is 0. The van der Waals surface area contributed by atoms with Gasteiger partial charge in [0, 0.05) is 20.1 Å². The van der Waals surface area contributed by atoms with Crippen molar-refractivity contribution in [1.29, 1.82) is 0 Å². The Morgan fingerprint density at radius 3 is 2.72 bits per heavy atom. The van der Waals surface area contributed by atoms with Crippen molar-refractivity contribution in [2.45, 2.75) is 32.9 Å². The second-order valence-electron chi connectivity index (χ2n) is 5.52. The minimum atomic E-state index is -0.0661. The molecular formula is C15H22N2O. The van der Waals surface area contributed by atoms with E-state index in [0.29, 0.717) is 5.92 Å². The second kappa shape index (κ2) is 5.53. The van der Waals surface area contributed by atoms with Crippen LogP contribution in [0.4, 0.5) is 0 Å². The second-order valence-corrected chi connectivity index (χ2v) is 5.52. The van der Waals surface area contributed by atoms with E-state index < -0.39 is 0 Å². The van der Waals surface area contributed by atoms with E-state index in [1.807, 2.05) is 24.1 Å². The average molecular weight is 246 g/mol. The van der Waals surface area contributed by atoms with Crippen LogP contribution in [0.5, 0.6) is 0 Å². The maximum absolute atomic E-state index is 12.3. The molecule has 3 heteroatoms. The highest BCUT2D eigenvalue weighted by Gasteiger charge is 2.26. The van der Waals surface area contributed by atoms with E-state index in [0.717, 1.165) is 19.5 Å². The molecule has 0 fully saturated rings. The van der Waals surface area contributed by atoms with Crippen molar-refractivity contribution in [3.8, 4) is 0 Å². The van der Waals surface area contributed by atoms with E-state index in [-0.39, 0.29) is 11.9 Å². The van der Waals surface area contributed by atoms with Gasteiger partial charge in [0.05, 0.1) is 6.04 Å². The zero-order valence-electron chi connectivity index (χ0n) is 11.4. The van der Waals surface area contributed by atoms with Gasteiger partial charge in [-0.25, -0.2) is 0 Å². The van der Waals surface area contributed by atoms with Crippen LogP contribution in [0.2, 0.25) is 0 Å². The number of hydrogen-bond donors (Lipinski definition) is 1. The summed E-state index contributed by atoms with van der Waals surface area (Å²) in [5.41, 5.74) is 2.61. The van der Waals surface area contributed by atoms with Gasteiger partial charge >= 0.3 is 0 Å². The molecule has 1 atom stereocenters. The van der Waals surface area contributed by atoms with E-state index >= 15 is 0 Å². The van der Waals surface area contributed by atoms with Crippen LogP contribution in [0.25, 0.3) is 0 Å². The summed E-state index contributed by atoms with van der Waals surface area (Å²) in [5.74, 6) is 0.716. The summed E-state index contributed by atoms with van der Waals surface area (Å²) in [6.45, 7) is 5.88. The molecule has 0 radical (unpaired) electrons. The van der Waals surface area contributed by atoms with Gasteiger partial charge in [0.15, 0.2) is 0 Å². The zero-order valence-corrected chi connectivity index (χ0v) is 11.4. The third-order valence-electron chi connectivity index (χ3n) is 3.39. The fraction of sp³-hybridized carbons (Fsp3) is 0.533. The molecule has 98 valence electrons. The number of rotatable bonds is 3. The Morgan fingerprint density at radius 2 is 2.06 bits per heavy atom. The largest absolute Gasteiger partial charge is 0.344 e. The van der Waals surface area contributed by atoms with Gasteiger partial charge in [0.2, 0.25) is 5.91 Å². The lowest BCUT2D eigenvalue weighted by Gasteiger charge is -2.29. The van der Waals surface area contributed by atoms with Crippen LogP contribution < -0.4 is 5.32 Å². The van der Waals surface area contributed by atoms with Crippen LogP contribution >= 0.6 is 0 Å². The number of carbonyl (C=O) groups excluding carboxylic acids is 1. The minimum Gasteiger partial charge on any atom is -0.344 e. The quantitative estimate of drug-likeness (QED) is 0.882. The Morgan fingerprint density at radius 1 is 1.39 bits per heavy atom. The van der Waals surface area contributed by atoms with E-state index in [2.05, 4.69) is 31.3 Å². The summed E-state index contributed by atoms with van der Waals surface area (Å²) in [6, 6.07) is 8.28. The molecule has 0 aromatic heterocycles. The van der Waals surface area contributed by atoms with E-state index in [1.165, 1.54) is 11.1 Å². The Hall–Kier alpha value is -1.35. The molecule has 0 aliphatic carbocycles. The summed E-state index contributed by atoms with van der Waals surface area (Å²) in [5, 5.41) is 3.34. The number of nitrogens with one attached hydrogen (secondary N) is 1. The summed E-state index contributed by atoms with van der Waals surface area (Å²) in [4.78, 5) is 14.2. The first kappa shape index (κ1) is 13.1. The van der Waals surface area contributed by atoms with Crippen LogP contribution in [0.1, 0.15) is 25.0 Å². The minimum absolute atomic E-state index is 0.0661. The van der Waals surface area contributed by atoms with Crippen molar-refractivity contribution in [2.24, 2.45) is 5.92 Å². The van der Waals surface area contributed by atoms with Crippen LogP contribution in [-0.4, -0.2) is 30.4 Å². The average Bonchev–Trinajstić information content (AvgIpc) is 2.36. The molecule has 1 aromatic carbocycles. The first-order valence-electron chi connectivity index (χ1n) is 6.63. The molecule has 0 spiro atoms. The molecule has 3 nitrogen and oxygen atoms in total. The fourth-order valence-corrected chi connectivity index (χ4v) is 2.53. The van der Waals surface area contributed by atoms with E-state index in [1.54, 1.807) is 0 Å². The van der Waals surface area contributed by atoms with E-state index in [4.69, 9.17) is 0 Å². The molecule has 1 aliphatic rings. The highest BCUT2D eigenvalue weighted by atomic mass is 16.2. The molecule has 1 N–H and O–H groups in total. The van der Waals surface area contributed by atoms with Gasteiger partial charge in [0.1, 0.15) is 0 Å². The van der Waals surface area contributed by atoms with Crippen molar-refractivity contribution in [3.63, 3.8) is 0 Å². The number of benzene rings is 1. The lowest BCUT2D eigenvalue weighted by Crippen LogP contribution is -2.48. The van der Waals surface area contributed by atoms with Crippen molar-refractivity contribution in [1.82, 2.24) is 10.2 Å². The molecule has 1 unspecified atom stereocenters. The standard InChI is InChI=1S/C15H22N2O/c1-11(2)10-17(3)15(18)14-8-12-6-4-5-7-13(12)9-16-14/h4-7,11,14,16H,8-10H2,1-3H3. The number of hydrogen-bond acceptors (Lipinski definition) is 2.